The maximum absolute atomic E-state index is 2.50. The van der Waals surface area contributed by atoms with Crippen LogP contribution in [0.2, 0.25) is 0 Å². The lowest BCUT2D eigenvalue weighted by atomic mass is 9.89. The number of para-hydroxylation sites is 3. The van der Waals surface area contributed by atoms with Gasteiger partial charge in [0.15, 0.2) is 0 Å². The molecule has 0 N–H and O–H groups in total. The lowest BCUT2D eigenvalue weighted by molar-refractivity contribution is 1.18. The highest BCUT2D eigenvalue weighted by Crippen LogP contribution is 2.47. The van der Waals surface area contributed by atoms with E-state index in [2.05, 4.69) is 455 Å². The molecule has 4 aromatic heterocycles. The van der Waals surface area contributed by atoms with Gasteiger partial charge in [-0.1, -0.05) is 261 Å². The molecule has 27 rings (SSSR count). The number of fused-ring (bicyclic) bond motifs is 24. The summed E-state index contributed by atoms with van der Waals surface area (Å²) in [6, 6.07) is 165. The molecule has 4 heteroatoms. The molecule has 0 aliphatic heterocycles. The average molecular weight is 1570 g/mol. The van der Waals surface area contributed by atoms with Crippen LogP contribution in [0.5, 0.6) is 0 Å². The Balaban J connectivity index is 0.613. The molecular formula is C120H72N4. The lowest BCUT2D eigenvalue weighted by Crippen LogP contribution is -1.94. The summed E-state index contributed by atoms with van der Waals surface area (Å²) in [6.07, 6.45) is 0. The third kappa shape index (κ3) is 10.4. The van der Waals surface area contributed by atoms with Gasteiger partial charge in [-0.15, -0.1) is 0 Å². The number of aromatic nitrogens is 4. The largest absolute Gasteiger partial charge is 0.309 e. The quantitative estimate of drug-likeness (QED) is 0.135. The third-order valence-electron chi connectivity index (χ3n) is 27.2. The molecule has 0 spiro atoms. The minimum absolute atomic E-state index is 1.10. The Morgan fingerprint density at radius 2 is 0.282 bits per heavy atom. The minimum atomic E-state index is 1.10. The molecule has 0 saturated heterocycles. The highest BCUT2D eigenvalue weighted by molar-refractivity contribution is 6.29. The van der Waals surface area contributed by atoms with E-state index >= 15 is 0 Å². The van der Waals surface area contributed by atoms with Crippen LogP contribution in [-0.4, -0.2) is 18.3 Å². The summed E-state index contributed by atoms with van der Waals surface area (Å²) in [4.78, 5) is 0. The van der Waals surface area contributed by atoms with Crippen LogP contribution in [0.3, 0.4) is 0 Å². The van der Waals surface area contributed by atoms with Crippen LogP contribution in [0.1, 0.15) is 0 Å². The Labute approximate surface area is 712 Å². The van der Waals surface area contributed by atoms with Crippen molar-refractivity contribution in [3.8, 4) is 67.3 Å². The van der Waals surface area contributed by atoms with E-state index in [1.54, 1.807) is 0 Å². The molecule has 0 amide bonds. The number of hydrogen-bond acceptors (Lipinski definition) is 0. The molecule has 0 aliphatic rings. The molecule has 4 nitrogen and oxygen atoms in total. The van der Waals surface area contributed by atoms with E-state index < -0.39 is 0 Å². The number of rotatable bonds is 8. The normalized spacial score (nSPS) is 12.2. The van der Waals surface area contributed by atoms with Crippen LogP contribution in [-0.2, 0) is 0 Å². The Morgan fingerprint density at radius 3 is 0.532 bits per heavy atom. The third-order valence-corrected chi connectivity index (χ3v) is 27.2. The summed E-state index contributed by atoms with van der Waals surface area (Å²) >= 11 is 0. The van der Waals surface area contributed by atoms with Crippen LogP contribution in [0, 0.1) is 0 Å². The maximum atomic E-state index is 2.50. The van der Waals surface area contributed by atoms with Gasteiger partial charge in [0.05, 0.1) is 44.1 Å². The van der Waals surface area contributed by atoms with E-state index in [4.69, 9.17) is 0 Å². The Hall–Kier alpha value is -16.4. The molecule has 0 unspecified atom stereocenters. The topological polar surface area (TPSA) is 19.7 Å². The molecule has 0 fully saturated rings. The number of hydrogen-bond donors (Lipinski definition) is 0. The van der Waals surface area contributed by atoms with Crippen molar-refractivity contribution in [1.82, 2.24) is 18.3 Å². The summed E-state index contributed by atoms with van der Waals surface area (Å²) in [5.74, 6) is 0. The molecule has 4 heterocycles. The van der Waals surface area contributed by atoms with E-state index in [-0.39, 0.29) is 0 Å². The molecule has 0 radical (unpaired) electrons. The van der Waals surface area contributed by atoms with Gasteiger partial charge in [-0.25, -0.2) is 0 Å². The molecule has 0 aliphatic carbocycles. The van der Waals surface area contributed by atoms with Gasteiger partial charge < -0.3 is 18.3 Å². The molecule has 0 saturated carbocycles. The van der Waals surface area contributed by atoms with Crippen LogP contribution in [0.4, 0.5) is 0 Å². The Bertz CT molecular complexity index is 9020. The van der Waals surface area contributed by atoms with E-state index in [9.17, 15) is 0 Å². The van der Waals surface area contributed by atoms with Crippen molar-refractivity contribution < 1.29 is 0 Å². The van der Waals surface area contributed by atoms with Gasteiger partial charge in [0.1, 0.15) is 0 Å². The van der Waals surface area contributed by atoms with E-state index in [0.717, 1.165) is 71.9 Å². The van der Waals surface area contributed by atoms with Crippen molar-refractivity contribution in [2.45, 2.75) is 0 Å². The zero-order valence-corrected chi connectivity index (χ0v) is 67.4. The van der Waals surface area contributed by atoms with Crippen molar-refractivity contribution in [1.29, 1.82) is 0 Å². The average Bonchev–Trinajstić information content (AvgIpc) is 1.22. The van der Waals surface area contributed by atoms with Gasteiger partial charge >= 0.3 is 0 Å². The first-order valence-corrected chi connectivity index (χ1v) is 43.0. The van der Waals surface area contributed by atoms with Gasteiger partial charge in [-0.3, -0.25) is 0 Å². The molecule has 0 atom stereocenters. The smallest absolute Gasteiger partial charge is 0.0541 e. The first kappa shape index (κ1) is 68.5. The second kappa shape index (κ2) is 26.5. The summed E-state index contributed by atoms with van der Waals surface area (Å²) in [5.41, 5.74) is 23.3. The van der Waals surface area contributed by atoms with Gasteiger partial charge in [0, 0.05) is 65.8 Å². The first-order valence-electron chi connectivity index (χ1n) is 43.0. The zero-order chi connectivity index (χ0) is 80.9. The zero-order valence-electron chi connectivity index (χ0n) is 67.4. The van der Waals surface area contributed by atoms with Crippen molar-refractivity contribution >= 4 is 195 Å². The highest BCUT2D eigenvalue weighted by Gasteiger charge is 2.23. The molecule has 572 valence electrons. The van der Waals surface area contributed by atoms with Gasteiger partial charge in [0.25, 0.3) is 0 Å². The Morgan fingerprint density at radius 1 is 0.0968 bits per heavy atom. The van der Waals surface area contributed by atoms with Gasteiger partial charge in [0.2, 0.25) is 0 Å². The molecule has 27 aromatic rings. The van der Waals surface area contributed by atoms with Crippen molar-refractivity contribution in [2.24, 2.45) is 0 Å². The first-order chi connectivity index (χ1) is 61.4. The van der Waals surface area contributed by atoms with Crippen molar-refractivity contribution in [3.05, 3.63) is 437 Å². The standard InChI is InChI=1S/C120H72N4/c1-4-24-89(25-5-1)121-113-51-40-81-65-105(113)106-66-82(41-52-114(106)121)84-43-54-116-108(68-84)110-70-86(45-56-118(110)123(116)91-28-8-3-9-29-91)88-47-58-120-112(72-88)111-71-87(85-44-55-117-109(69-85)107-67-83(81)42-53-115(107)122(117)90-26-6-2-7-27-90)46-57-119(111)124(120)92-30-18-23-77(61-92)80-39-50-101-100-49-38-79(63-103(100)97-35-14-15-36-98(97)104(101)64-80)76-22-17-20-74(60-76)73-19-16-21-75(59-73)78-37-48-99-95-33-11-10-31-93(95)94-32-12-13-34-96(94)102(99)62-78/h1-72H. The summed E-state index contributed by atoms with van der Waals surface area (Å²) < 4.78 is 9.82. The van der Waals surface area contributed by atoms with Crippen LogP contribution < -0.4 is 0 Å². The van der Waals surface area contributed by atoms with Crippen molar-refractivity contribution in [2.75, 3.05) is 0 Å². The van der Waals surface area contributed by atoms with Gasteiger partial charge in [-0.2, -0.15) is 0 Å². The monoisotopic (exact) mass is 1570 g/mol. The van der Waals surface area contributed by atoms with E-state index in [0.29, 0.717) is 0 Å². The summed E-state index contributed by atoms with van der Waals surface area (Å²) in [7, 11) is 0. The molecule has 124 heavy (non-hydrogen) atoms. The highest BCUT2D eigenvalue weighted by atomic mass is 15.0. The second-order valence-corrected chi connectivity index (χ2v) is 33.8. The minimum Gasteiger partial charge on any atom is -0.309 e. The number of nitrogens with zero attached hydrogens (tertiary/aromatic N) is 4. The second-order valence-electron chi connectivity index (χ2n) is 33.8. The predicted molar refractivity (Wildman–Crippen MR) is 529 cm³/mol. The van der Waals surface area contributed by atoms with E-state index in [1.807, 2.05) is 0 Å². The van der Waals surface area contributed by atoms with Gasteiger partial charge in [-0.05, 0) is 328 Å². The number of benzene rings is 22. The molecular weight excluding hydrogens is 1500 g/mol. The maximum Gasteiger partial charge on any atom is 0.0541 e. The SMILES string of the molecule is c1ccc(-n2c3ccc4cc3c3cc(ccc32)c2ccc3c(c2)c2cc(ccc2n3-c2ccccc2)c2ccc3c(c2)c2cc(ccc2n3-c2cccc(-c3ccc5c6ccc(-c7cccc(-c8cccc(-c9ccc%10c%11ccccc%11c%11ccccc%11c%10c9)c8)c7)cc6c6ccccc6c5c3)c2)c2ccc3c(c2)c2cc4ccc2n3-c2ccccc2)cc1. The molecule has 23 aromatic carbocycles. The fraction of sp³-hybridized carbons (Fsp3) is 0. The Kier molecular flexibility index (Phi) is 14.7. The fourth-order valence-electron chi connectivity index (χ4n) is 21.4. The summed E-state index contributed by atoms with van der Waals surface area (Å²) in [6.45, 7) is 0. The van der Waals surface area contributed by atoms with Crippen LogP contribution in [0.25, 0.3) is 262 Å². The molecule has 16 bridgehead atoms. The predicted octanol–water partition coefficient (Wildman–Crippen LogP) is 32.8. The van der Waals surface area contributed by atoms with Crippen LogP contribution >= 0.6 is 0 Å². The lowest BCUT2D eigenvalue weighted by Gasteiger charge is -2.15. The van der Waals surface area contributed by atoms with Crippen molar-refractivity contribution in [3.63, 3.8) is 0 Å². The van der Waals surface area contributed by atoms with E-state index in [1.165, 1.54) is 190 Å². The fourth-order valence-corrected chi connectivity index (χ4v) is 21.4. The summed E-state index contributed by atoms with van der Waals surface area (Å²) in [5, 5.41) is 34.1. The van der Waals surface area contributed by atoms with Crippen LogP contribution in [0.15, 0.2) is 437 Å².